The molecule has 0 atom stereocenters. The number of aromatic nitrogens is 3. The van der Waals surface area contributed by atoms with Gasteiger partial charge in [-0.2, -0.15) is 0 Å². The van der Waals surface area contributed by atoms with Crippen LogP contribution in [0.2, 0.25) is 0 Å². The van der Waals surface area contributed by atoms with Crippen LogP contribution in [0.4, 0.5) is 10.3 Å². The van der Waals surface area contributed by atoms with E-state index in [9.17, 15) is 4.79 Å². The zero-order valence-electron chi connectivity index (χ0n) is 12.9. The lowest BCUT2D eigenvalue weighted by Gasteiger charge is -2.02. The van der Waals surface area contributed by atoms with Crippen LogP contribution in [0, 0.1) is 0 Å². The van der Waals surface area contributed by atoms with Crippen LogP contribution in [0.25, 0.3) is 0 Å². The van der Waals surface area contributed by atoms with Gasteiger partial charge in [0.2, 0.25) is 5.13 Å². The summed E-state index contributed by atoms with van der Waals surface area (Å²) in [5.74, 6) is -0.306. The molecule has 3 aromatic rings. The topological polar surface area (TPSA) is 89.0 Å². The average molecular weight is 361 g/mol. The van der Waals surface area contributed by atoms with Gasteiger partial charge in [0.1, 0.15) is 17.3 Å². The Morgan fingerprint density at radius 1 is 1.21 bits per heavy atom. The van der Waals surface area contributed by atoms with Crippen molar-refractivity contribution >= 4 is 38.8 Å². The van der Waals surface area contributed by atoms with E-state index in [0.717, 1.165) is 5.56 Å². The Labute approximate surface area is 146 Å². The second-order valence-electron chi connectivity index (χ2n) is 4.77. The third kappa shape index (κ3) is 4.34. The number of hydrogen-bond acceptors (Lipinski definition) is 8. The Balaban J connectivity index is 1.56. The highest BCUT2D eigenvalue weighted by Gasteiger charge is 2.13. The van der Waals surface area contributed by atoms with E-state index < -0.39 is 0 Å². The van der Waals surface area contributed by atoms with Gasteiger partial charge in [-0.1, -0.05) is 41.7 Å². The number of methoxy groups -OCH3 is 1. The molecule has 0 aliphatic rings. The Morgan fingerprint density at radius 3 is 2.83 bits per heavy atom. The fourth-order valence-electron chi connectivity index (χ4n) is 1.88. The second kappa shape index (κ2) is 7.95. The highest BCUT2D eigenvalue weighted by Crippen LogP contribution is 2.20. The summed E-state index contributed by atoms with van der Waals surface area (Å²) in [5.41, 5.74) is 1.50. The molecule has 1 aromatic carbocycles. The molecule has 2 heterocycles. The molecule has 0 radical (unpaired) electrons. The number of carbonyl (C=O) groups excluding carboxylic acids is 1. The summed E-state index contributed by atoms with van der Waals surface area (Å²) in [7, 11) is 1.58. The van der Waals surface area contributed by atoms with E-state index in [1.54, 1.807) is 12.5 Å². The number of nitrogens with zero attached hydrogens (tertiary/aromatic N) is 3. The predicted octanol–water partition coefficient (Wildman–Crippen LogP) is 3.01. The summed E-state index contributed by atoms with van der Waals surface area (Å²) in [4.78, 5) is 16.5. The molecule has 2 N–H and O–H groups in total. The molecule has 3 rings (SSSR count). The van der Waals surface area contributed by atoms with E-state index in [-0.39, 0.29) is 5.91 Å². The summed E-state index contributed by atoms with van der Waals surface area (Å²) in [5, 5.41) is 17.3. The molecule has 0 aliphatic heterocycles. The van der Waals surface area contributed by atoms with Crippen LogP contribution in [0.5, 0.6) is 0 Å². The van der Waals surface area contributed by atoms with Crippen molar-refractivity contribution < 1.29 is 9.53 Å². The van der Waals surface area contributed by atoms with E-state index in [1.807, 2.05) is 30.3 Å². The SMILES string of the molecule is COCc1nnc(NC(=O)c2csc(NCc3ccccc3)n2)s1. The molecule has 1 amide bonds. The van der Waals surface area contributed by atoms with Crippen molar-refractivity contribution in [1.82, 2.24) is 15.2 Å². The van der Waals surface area contributed by atoms with Crippen molar-refractivity contribution in [3.05, 3.63) is 52.0 Å². The van der Waals surface area contributed by atoms with E-state index in [1.165, 1.54) is 22.7 Å². The molecule has 0 spiro atoms. The summed E-state index contributed by atoms with van der Waals surface area (Å²) in [6, 6.07) is 10.00. The molecule has 0 bridgehead atoms. The standard InChI is InChI=1S/C15H15N5O2S2/c1-22-8-12-19-20-15(24-12)18-13(21)11-9-23-14(17-11)16-7-10-5-3-2-4-6-10/h2-6,9H,7-8H2,1H3,(H,16,17)(H,18,20,21). The number of rotatable bonds is 7. The van der Waals surface area contributed by atoms with Crippen LogP contribution in [-0.4, -0.2) is 28.2 Å². The maximum absolute atomic E-state index is 12.2. The number of carbonyl (C=O) groups is 1. The lowest BCUT2D eigenvalue weighted by atomic mass is 10.2. The van der Waals surface area contributed by atoms with Gasteiger partial charge in [-0.15, -0.1) is 21.5 Å². The third-order valence-electron chi connectivity index (χ3n) is 2.98. The van der Waals surface area contributed by atoms with Gasteiger partial charge in [-0.3, -0.25) is 10.1 Å². The number of hydrogen-bond donors (Lipinski definition) is 2. The molecule has 0 aliphatic carbocycles. The van der Waals surface area contributed by atoms with Crippen molar-refractivity contribution in [3.63, 3.8) is 0 Å². The van der Waals surface area contributed by atoms with Crippen molar-refractivity contribution in [1.29, 1.82) is 0 Å². The van der Waals surface area contributed by atoms with Crippen molar-refractivity contribution in [2.45, 2.75) is 13.2 Å². The van der Waals surface area contributed by atoms with Crippen LogP contribution >= 0.6 is 22.7 Å². The summed E-state index contributed by atoms with van der Waals surface area (Å²) in [6.45, 7) is 1.03. The number of nitrogens with one attached hydrogen (secondary N) is 2. The van der Waals surface area contributed by atoms with Gasteiger partial charge in [0, 0.05) is 19.0 Å². The molecule has 24 heavy (non-hydrogen) atoms. The highest BCUT2D eigenvalue weighted by atomic mass is 32.1. The molecule has 0 saturated carbocycles. The van der Waals surface area contributed by atoms with Crippen LogP contribution in [0.3, 0.4) is 0 Å². The molecule has 0 saturated heterocycles. The van der Waals surface area contributed by atoms with E-state index >= 15 is 0 Å². The minimum absolute atomic E-state index is 0.306. The molecule has 0 fully saturated rings. The minimum Gasteiger partial charge on any atom is -0.377 e. The Hall–Kier alpha value is -2.36. The first-order valence-electron chi connectivity index (χ1n) is 7.10. The summed E-state index contributed by atoms with van der Waals surface area (Å²) in [6.07, 6.45) is 0. The number of thiazole rings is 1. The lowest BCUT2D eigenvalue weighted by Crippen LogP contribution is -2.12. The predicted molar refractivity (Wildman–Crippen MR) is 94.5 cm³/mol. The maximum Gasteiger partial charge on any atom is 0.277 e. The number of benzene rings is 1. The average Bonchev–Trinajstić information content (AvgIpc) is 3.24. The van der Waals surface area contributed by atoms with Gasteiger partial charge < -0.3 is 10.1 Å². The Kier molecular flexibility index (Phi) is 5.47. The fraction of sp³-hybridized carbons (Fsp3) is 0.200. The Morgan fingerprint density at radius 2 is 2.04 bits per heavy atom. The van der Waals surface area contributed by atoms with Crippen LogP contribution in [-0.2, 0) is 17.9 Å². The normalized spacial score (nSPS) is 10.5. The molecule has 9 heteroatoms. The second-order valence-corrected chi connectivity index (χ2v) is 6.69. The van der Waals surface area contributed by atoms with Gasteiger partial charge >= 0.3 is 0 Å². The molecular formula is C15H15N5O2S2. The van der Waals surface area contributed by atoms with Gasteiger partial charge in [0.05, 0.1) is 0 Å². The van der Waals surface area contributed by atoms with E-state index in [0.29, 0.717) is 34.1 Å². The zero-order valence-corrected chi connectivity index (χ0v) is 14.5. The number of ether oxygens (including phenoxy) is 1. The summed E-state index contributed by atoms with van der Waals surface area (Å²) < 4.78 is 4.97. The molecule has 2 aromatic heterocycles. The quantitative estimate of drug-likeness (QED) is 0.672. The molecule has 7 nitrogen and oxygen atoms in total. The van der Waals surface area contributed by atoms with Crippen LogP contribution in [0.1, 0.15) is 21.1 Å². The Bertz CT molecular complexity index is 803. The van der Waals surface area contributed by atoms with Crippen molar-refractivity contribution in [3.8, 4) is 0 Å². The third-order valence-corrected chi connectivity index (χ3v) is 4.59. The number of amides is 1. The van der Waals surface area contributed by atoms with Crippen molar-refractivity contribution in [2.75, 3.05) is 17.7 Å². The molecule has 124 valence electrons. The number of anilines is 2. The molecule has 0 unspecified atom stereocenters. The summed E-state index contributed by atoms with van der Waals surface area (Å²) >= 11 is 2.66. The van der Waals surface area contributed by atoms with Crippen molar-refractivity contribution in [2.24, 2.45) is 0 Å². The van der Waals surface area contributed by atoms with E-state index in [2.05, 4.69) is 25.8 Å². The zero-order chi connectivity index (χ0) is 16.8. The van der Waals surface area contributed by atoms with Gasteiger partial charge in [-0.05, 0) is 5.56 Å². The van der Waals surface area contributed by atoms with Crippen LogP contribution < -0.4 is 10.6 Å². The fourth-order valence-corrected chi connectivity index (χ4v) is 3.28. The van der Waals surface area contributed by atoms with Gasteiger partial charge in [0.15, 0.2) is 5.13 Å². The molecular weight excluding hydrogens is 346 g/mol. The first-order valence-corrected chi connectivity index (χ1v) is 8.80. The van der Waals surface area contributed by atoms with Gasteiger partial charge in [0.25, 0.3) is 5.91 Å². The largest absolute Gasteiger partial charge is 0.377 e. The maximum atomic E-state index is 12.2. The van der Waals surface area contributed by atoms with Gasteiger partial charge in [-0.25, -0.2) is 4.98 Å². The van der Waals surface area contributed by atoms with E-state index in [4.69, 9.17) is 4.74 Å². The van der Waals surface area contributed by atoms with Crippen LogP contribution in [0.15, 0.2) is 35.7 Å². The first kappa shape index (κ1) is 16.5. The monoisotopic (exact) mass is 361 g/mol. The highest BCUT2D eigenvalue weighted by molar-refractivity contribution is 7.15. The first-order chi connectivity index (χ1) is 11.7. The smallest absolute Gasteiger partial charge is 0.277 e. The minimum atomic E-state index is -0.306. The lowest BCUT2D eigenvalue weighted by molar-refractivity contribution is 0.102.